The molecular formula is C22H42O4. The van der Waals surface area contributed by atoms with Gasteiger partial charge >= 0.3 is 11.9 Å². The Kier molecular flexibility index (Phi) is 16.7. The molecule has 0 saturated heterocycles. The largest absolute Gasteiger partial charge is 0.481 e. The predicted octanol–water partition coefficient (Wildman–Crippen LogP) is 6.67. The molecule has 0 aliphatic carbocycles. The third-order valence-corrected chi connectivity index (χ3v) is 5.37. The molecule has 0 spiro atoms. The minimum Gasteiger partial charge on any atom is -0.481 e. The van der Waals surface area contributed by atoms with E-state index in [0.717, 1.165) is 77.0 Å². The molecule has 154 valence electrons. The van der Waals surface area contributed by atoms with Crippen molar-refractivity contribution in [2.24, 2.45) is 11.8 Å². The summed E-state index contributed by atoms with van der Waals surface area (Å²) in [5.41, 5.74) is 0. The standard InChI is InChI=1S/C22H42O4/c1-3-5-7-11-15-19(21(23)24)17-13-9-10-14-18-20(22(25)26)16-12-8-6-4-2/h19-20H,3-18H2,1-2H3,(H,23,24)(H,25,26). The first kappa shape index (κ1) is 24.9. The number of hydrogen-bond donors (Lipinski definition) is 2. The Hall–Kier alpha value is -1.06. The zero-order valence-electron chi connectivity index (χ0n) is 17.2. The molecule has 4 nitrogen and oxygen atoms in total. The summed E-state index contributed by atoms with van der Waals surface area (Å²) in [6.45, 7) is 4.32. The van der Waals surface area contributed by atoms with Gasteiger partial charge in [-0.1, -0.05) is 90.9 Å². The van der Waals surface area contributed by atoms with Crippen molar-refractivity contribution in [3.8, 4) is 0 Å². The van der Waals surface area contributed by atoms with Gasteiger partial charge in [-0.15, -0.1) is 0 Å². The van der Waals surface area contributed by atoms with Crippen LogP contribution in [0.1, 0.15) is 117 Å². The quantitative estimate of drug-likeness (QED) is 0.249. The Balaban J connectivity index is 3.82. The van der Waals surface area contributed by atoms with E-state index in [1.165, 1.54) is 25.7 Å². The van der Waals surface area contributed by atoms with Gasteiger partial charge in [0.05, 0.1) is 11.8 Å². The van der Waals surface area contributed by atoms with Gasteiger partial charge in [-0.25, -0.2) is 0 Å². The number of aliphatic carboxylic acids is 2. The molecule has 2 atom stereocenters. The summed E-state index contributed by atoms with van der Waals surface area (Å²) >= 11 is 0. The highest BCUT2D eigenvalue weighted by Gasteiger charge is 2.17. The summed E-state index contributed by atoms with van der Waals surface area (Å²) in [5.74, 6) is -1.70. The van der Waals surface area contributed by atoms with Gasteiger partial charge in [-0.3, -0.25) is 9.59 Å². The number of carbonyl (C=O) groups is 2. The van der Waals surface area contributed by atoms with Crippen LogP contribution < -0.4 is 0 Å². The fourth-order valence-electron chi connectivity index (χ4n) is 3.55. The molecule has 0 radical (unpaired) electrons. The summed E-state index contributed by atoms with van der Waals surface area (Å²) in [7, 11) is 0. The van der Waals surface area contributed by atoms with E-state index < -0.39 is 11.9 Å². The summed E-state index contributed by atoms with van der Waals surface area (Å²) in [6.07, 6.45) is 16.1. The summed E-state index contributed by atoms with van der Waals surface area (Å²) < 4.78 is 0. The van der Waals surface area contributed by atoms with Crippen molar-refractivity contribution in [2.75, 3.05) is 0 Å². The van der Waals surface area contributed by atoms with E-state index in [9.17, 15) is 19.8 Å². The zero-order valence-corrected chi connectivity index (χ0v) is 17.2. The molecule has 0 aliphatic heterocycles. The van der Waals surface area contributed by atoms with Gasteiger partial charge in [0.15, 0.2) is 0 Å². The van der Waals surface area contributed by atoms with Gasteiger partial charge in [-0.2, -0.15) is 0 Å². The maximum absolute atomic E-state index is 11.3. The first-order valence-corrected chi connectivity index (χ1v) is 11.0. The van der Waals surface area contributed by atoms with Crippen molar-refractivity contribution >= 4 is 11.9 Å². The number of rotatable bonds is 19. The van der Waals surface area contributed by atoms with E-state index in [1.807, 2.05) is 0 Å². The molecule has 0 bridgehead atoms. The molecule has 0 heterocycles. The second-order valence-corrected chi connectivity index (χ2v) is 7.76. The van der Waals surface area contributed by atoms with Gasteiger partial charge < -0.3 is 10.2 Å². The van der Waals surface area contributed by atoms with Crippen LogP contribution in [0.5, 0.6) is 0 Å². The maximum atomic E-state index is 11.3. The Morgan fingerprint density at radius 3 is 1.04 bits per heavy atom. The fourth-order valence-corrected chi connectivity index (χ4v) is 3.55. The van der Waals surface area contributed by atoms with Crippen molar-refractivity contribution in [3.05, 3.63) is 0 Å². The Labute approximate surface area is 160 Å². The smallest absolute Gasteiger partial charge is 0.306 e. The second-order valence-electron chi connectivity index (χ2n) is 7.76. The van der Waals surface area contributed by atoms with Gasteiger partial charge in [0.1, 0.15) is 0 Å². The lowest BCUT2D eigenvalue weighted by atomic mass is 9.92. The molecule has 4 heteroatoms. The van der Waals surface area contributed by atoms with Crippen molar-refractivity contribution in [2.45, 2.75) is 117 Å². The van der Waals surface area contributed by atoms with E-state index in [-0.39, 0.29) is 11.8 Å². The normalized spacial score (nSPS) is 13.5. The number of carboxylic acid groups (broad SMARTS) is 2. The van der Waals surface area contributed by atoms with Crippen LogP contribution >= 0.6 is 0 Å². The third kappa shape index (κ3) is 14.1. The molecule has 0 rings (SSSR count). The van der Waals surface area contributed by atoms with E-state index >= 15 is 0 Å². The minimum absolute atomic E-state index is 0.197. The van der Waals surface area contributed by atoms with Crippen molar-refractivity contribution in [1.82, 2.24) is 0 Å². The molecular weight excluding hydrogens is 328 g/mol. The van der Waals surface area contributed by atoms with Crippen LogP contribution in [-0.4, -0.2) is 22.2 Å². The van der Waals surface area contributed by atoms with Crippen LogP contribution in [0.3, 0.4) is 0 Å². The Morgan fingerprint density at radius 1 is 0.538 bits per heavy atom. The Bertz CT molecular complexity index is 320. The molecule has 0 aromatic carbocycles. The van der Waals surface area contributed by atoms with Gasteiger partial charge in [0.25, 0.3) is 0 Å². The monoisotopic (exact) mass is 370 g/mol. The average Bonchev–Trinajstić information content (AvgIpc) is 2.60. The molecule has 2 unspecified atom stereocenters. The van der Waals surface area contributed by atoms with Crippen molar-refractivity contribution in [1.29, 1.82) is 0 Å². The Morgan fingerprint density at radius 2 is 0.808 bits per heavy atom. The minimum atomic E-state index is -0.653. The number of hydrogen-bond acceptors (Lipinski definition) is 2. The summed E-state index contributed by atoms with van der Waals surface area (Å²) in [6, 6.07) is 0. The topological polar surface area (TPSA) is 74.6 Å². The predicted molar refractivity (Wildman–Crippen MR) is 107 cm³/mol. The summed E-state index contributed by atoms with van der Waals surface area (Å²) in [4.78, 5) is 22.7. The van der Waals surface area contributed by atoms with Crippen LogP contribution in [0.15, 0.2) is 0 Å². The molecule has 0 aromatic heterocycles. The molecule has 0 aliphatic rings. The summed E-state index contributed by atoms with van der Waals surface area (Å²) in [5, 5.41) is 18.6. The first-order valence-electron chi connectivity index (χ1n) is 11.0. The van der Waals surface area contributed by atoms with Gasteiger partial charge in [0.2, 0.25) is 0 Å². The van der Waals surface area contributed by atoms with Crippen molar-refractivity contribution in [3.63, 3.8) is 0 Å². The van der Waals surface area contributed by atoms with Crippen LogP contribution in [0.4, 0.5) is 0 Å². The van der Waals surface area contributed by atoms with E-state index in [1.54, 1.807) is 0 Å². The molecule has 0 amide bonds. The molecule has 2 N–H and O–H groups in total. The fraction of sp³-hybridized carbons (Fsp3) is 0.909. The van der Waals surface area contributed by atoms with E-state index in [4.69, 9.17) is 0 Å². The zero-order chi connectivity index (χ0) is 19.6. The average molecular weight is 371 g/mol. The highest BCUT2D eigenvalue weighted by atomic mass is 16.4. The lowest BCUT2D eigenvalue weighted by Crippen LogP contribution is -2.14. The van der Waals surface area contributed by atoms with Gasteiger partial charge in [0, 0.05) is 0 Å². The highest BCUT2D eigenvalue weighted by Crippen LogP contribution is 2.21. The van der Waals surface area contributed by atoms with Crippen LogP contribution in [-0.2, 0) is 9.59 Å². The van der Waals surface area contributed by atoms with Gasteiger partial charge in [-0.05, 0) is 25.7 Å². The lowest BCUT2D eigenvalue weighted by Gasteiger charge is -2.13. The van der Waals surface area contributed by atoms with Crippen LogP contribution in [0, 0.1) is 11.8 Å². The second kappa shape index (κ2) is 17.4. The van der Waals surface area contributed by atoms with Crippen LogP contribution in [0.25, 0.3) is 0 Å². The molecule has 0 fully saturated rings. The van der Waals surface area contributed by atoms with E-state index in [0.29, 0.717) is 0 Å². The molecule has 0 saturated carbocycles. The number of unbranched alkanes of at least 4 members (excludes halogenated alkanes) is 9. The maximum Gasteiger partial charge on any atom is 0.306 e. The number of carboxylic acids is 2. The first-order chi connectivity index (χ1) is 12.5. The van der Waals surface area contributed by atoms with E-state index in [2.05, 4.69) is 13.8 Å². The third-order valence-electron chi connectivity index (χ3n) is 5.37. The molecule has 26 heavy (non-hydrogen) atoms. The van der Waals surface area contributed by atoms with Crippen LogP contribution in [0.2, 0.25) is 0 Å². The lowest BCUT2D eigenvalue weighted by molar-refractivity contribution is -0.143. The van der Waals surface area contributed by atoms with Crippen molar-refractivity contribution < 1.29 is 19.8 Å². The highest BCUT2D eigenvalue weighted by molar-refractivity contribution is 5.70. The SMILES string of the molecule is CCCCCCC(CCCCCCC(CCCCCC)C(=O)O)C(=O)O. The molecule has 0 aromatic rings.